The Labute approximate surface area is 118 Å². The average molecular weight is 284 g/mol. The van der Waals surface area contributed by atoms with Gasteiger partial charge in [-0.2, -0.15) is 0 Å². The van der Waals surface area contributed by atoms with E-state index in [2.05, 4.69) is 44.0 Å². The largest absolute Gasteiger partial charge is 0.233 e. The van der Waals surface area contributed by atoms with Crippen LogP contribution in [0, 0.1) is 0 Å². The number of halogens is 1. The van der Waals surface area contributed by atoms with Crippen molar-refractivity contribution < 1.29 is 0 Å². The van der Waals surface area contributed by atoms with Crippen LogP contribution in [0.5, 0.6) is 0 Å². The molecule has 1 rings (SSSR count). The Hall–Kier alpha value is -0.600. The van der Waals surface area contributed by atoms with Crippen molar-refractivity contribution in [3.8, 4) is 0 Å². The standard InChI is InChI=1S/C15H22ClNS/c1-12(17-18(5)15(2,3)4)10-11-13-8-6-7-9-14(13)16/h6-9H,5,10-11H2,1-4H3. The van der Waals surface area contributed by atoms with Gasteiger partial charge in [0, 0.05) is 15.5 Å². The predicted molar refractivity (Wildman–Crippen MR) is 87.3 cm³/mol. The van der Waals surface area contributed by atoms with Crippen molar-refractivity contribution in [3.05, 3.63) is 34.9 Å². The second kappa shape index (κ2) is 6.53. The molecule has 0 bridgehead atoms. The first-order valence-corrected chi connectivity index (χ1v) is 7.85. The molecule has 3 heteroatoms. The van der Waals surface area contributed by atoms with Crippen molar-refractivity contribution in [3.63, 3.8) is 0 Å². The molecule has 0 saturated heterocycles. The Morgan fingerprint density at radius 2 is 1.94 bits per heavy atom. The Bertz CT molecular complexity index is 458. The van der Waals surface area contributed by atoms with Gasteiger partial charge in [-0.3, -0.25) is 0 Å². The maximum absolute atomic E-state index is 6.14. The third kappa shape index (κ3) is 4.95. The fourth-order valence-electron chi connectivity index (χ4n) is 1.39. The summed E-state index contributed by atoms with van der Waals surface area (Å²) < 4.78 is 4.83. The van der Waals surface area contributed by atoms with E-state index < -0.39 is 0 Å². The number of nitrogens with zero attached hydrogens (tertiary/aromatic N) is 1. The third-order valence-corrected chi connectivity index (χ3v) is 5.00. The Morgan fingerprint density at radius 1 is 1.33 bits per heavy atom. The van der Waals surface area contributed by atoms with Crippen LogP contribution in [0.25, 0.3) is 0 Å². The van der Waals surface area contributed by atoms with Gasteiger partial charge in [0.2, 0.25) is 0 Å². The minimum Gasteiger partial charge on any atom is -0.233 e. The highest BCUT2D eigenvalue weighted by atomic mass is 35.5. The summed E-state index contributed by atoms with van der Waals surface area (Å²) >= 11 is 6.14. The molecule has 0 aliphatic rings. The summed E-state index contributed by atoms with van der Waals surface area (Å²) in [6.07, 6.45) is 1.88. The number of rotatable bonds is 4. The van der Waals surface area contributed by atoms with E-state index in [0.717, 1.165) is 23.6 Å². The Morgan fingerprint density at radius 3 is 2.50 bits per heavy atom. The van der Waals surface area contributed by atoms with E-state index in [1.54, 1.807) is 0 Å². The molecule has 1 nitrogen and oxygen atoms in total. The summed E-state index contributed by atoms with van der Waals surface area (Å²) in [5, 5.41) is 0.842. The molecule has 1 aromatic carbocycles. The van der Waals surface area contributed by atoms with Gasteiger partial charge in [-0.05, 0) is 52.2 Å². The lowest BCUT2D eigenvalue weighted by Gasteiger charge is -2.19. The molecule has 1 unspecified atom stereocenters. The van der Waals surface area contributed by atoms with Crippen molar-refractivity contribution in [2.45, 2.75) is 45.3 Å². The molecule has 0 aliphatic carbocycles. The highest BCUT2D eigenvalue weighted by Gasteiger charge is 2.13. The Kier molecular flexibility index (Phi) is 5.61. The number of benzene rings is 1. The maximum Gasteiger partial charge on any atom is 0.0438 e. The van der Waals surface area contributed by atoms with Crippen LogP contribution in [0.3, 0.4) is 0 Å². The van der Waals surface area contributed by atoms with Crippen LogP contribution in [0.1, 0.15) is 39.7 Å². The van der Waals surface area contributed by atoms with Gasteiger partial charge in [0.25, 0.3) is 0 Å². The zero-order valence-corrected chi connectivity index (χ0v) is 13.2. The first-order chi connectivity index (χ1) is 8.30. The van der Waals surface area contributed by atoms with Gasteiger partial charge in [0.1, 0.15) is 0 Å². The summed E-state index contributed by atoms with van der Waals surface area (Å²) in [6.45, 7) is 8.60. The molecule has 0 fully saturated rings. The molecule has 0 spiro atoms. The van der Waals surface area contributed by atoms with Crippen LogP contribution < -0.4 is 0 Å². The smallest absolute Gasteiger partial charge is 0.0438 e. The average Bonchev–Trinajstić information content (AvgIpc) is 2.26. The number of hydrogen-bond acceptors (Lipinski definition) is 1. The van der Waals surface area contributed by atoms with Crippen molar-refractivity contribution in [1.29, 1.82) is 0 Å². The molecule has 18 heavy (non-hydrogen) atoms. The zero-order valence-electron chi connectivity index (χ0n) is 11.7. The molecule has 100 valence electrons. The van der Waals surface area contributed by atoms with Gasteiger partial charge in [0.05, 0.1) is 0 Å². The van der Waals surface area contributed by atoms with E-state index in [4.69, 9.17) is 11.6 Å². The number of aryl methyl sites for hydroxylation is 1. The molecular formula is C15H22ClNS. The van der Waals surface area contributed by atoms with Crippen molar-refractivity contribution in [2.75, 3.05) is 0 Å². The molecule has 0 amide bonds. The summed E-state index contributed by atoms with van der Waals surface area (Å²) in [5.41, 5.74) is 2.34. The second-order valence-electron chi connectivity index (χ2n) is 5.40. The van der Waals surface area contributed by atoms with Crippen LogP contribution >= 0.6 is 22.3 Å². The van der Waals surface area contributed by atoms with Crippen molar-refractivity contribution in [1.82, 2.24) is 0 Å². The SMILES string of the molecule is C=S(N=C(C)CCc1ccccc1Cl)C(C)(C)C. The first kappa shape index (κ1) is 15.5. The maximum atomic E-state index is 6.14. The minimum atomic E-state index is -0.176. The van der Waals surface area contributed by atoms with Crippen molar-refractivity contribution in [2.24, 2.45) is 4.40 Å². The molecule has 0 radical (unpaired) electrons. The van der Waals surface area contributed by atoms with Gasteiger partial charge < -0.3 is 0 Å². The van der Waals surface area contributed by atoms with Gasteiger partial charge in [-0.15, -0.1) is 0 Å². The summed E-state index contributed by atoms with van der Waals surface area (Å²) in [6, 6.07) is 7.99. The van der Waals surface area contributed by atoms with E-state index in [1.165, 1.54) is 5.56 Å². The van der Waals surface area contributed by atoms with E-state index in [-0.39, 0.29) is 15.4 Å². The Balaban J connectivity index is 2.62. The zero-order chi connectivity index (χ0) is 13.8. The third-order valence-electron chi connectivity index (χ3n) is 2.69. The summed E-state index contributed by atoms with van der Waals surface area (Å²) in [5.74, 6) is 4.14. The normalized spacial score (nSPS) is 14.6. The molecule has 0 N–H and O–H groups in total. The first-order valence-electron chi connectivity index (χ1n) is 6.12. The summed E-state index contributed by atoms with van der Waals surface area (Å²) in [4.78, 5) is 0. The predicted octanol–water partition coefficient (Wildman–Crippen LogP) is 5.15. The monoisotopic (exact) mass is 283 g/mol. The van der Waals surface area contributed by atoms with Crippen LogP contribution in [0.4, 0.5) is 0 Å². The molecule has 0 saturated carbocycles. The van der Waals surface area contributed by atoms with Crippen molar-refractivity contribution >= 4 is 33.9 Å². The quantitative estimate of drug-likeness (QED) is 0.535. The molecular weight excluding hydrogens is 262 g/mol. The lowest BCUT2D eigenvalue weighted by atomic mass is 10.1. The van der Waals surface area contributed by atoms with Gasteiger partial charge in [0.15, 0.2) is 0 Å². The summed E-state index contributed by atoms with van der Waals surface area (Å²) in [7, 11) is -0.176. The van der Waals surface area contributed by atoms with E-state index in [0.29, 0.717) is 0 Å². The fraction of sp³-hybridized carbons (Fsp3) is 0.467. The minimum absolute atomic E-state index is 0.144. The van der Waals surface area contributed by atoms with Gasteiger partial charge in [-0.1, -0.05) is 46.3 Å². The van der Waals surface area contributed by atoms with Crippen LogP contribution in [-0.4, -0.2) is 16.3 Å². The highest BCUT2D eigenvalue weighted by molar-refractivity contribution is 8.14. The molecule has 0 aliphatic heterocycles. The van der Waals surface area contributed by atoms with E-state index in [9.17, 15) is 0 Å². The molecule has 0 aromatic heterocycles. The lowest BCUT2D eigenvalue weighted by molar-refractivity contribution is 0.802. The van der Waals surface area contributed by atoms with Crippen LogP contribution in [0.15, 0.2) is 28.7 Å². The molecule has 1 aromatic rings. The molecule has 0 heterocycles. The second-order valence-corrected chi connectivity index (χ2v) is 7.94. The van der Waals surface area contributed by atoms with E-state index in [1.807, 2.05) is 18.2 Å². The van der Waals surface area contributed by atoms with Gasteiger partial charge in [-0.25, -0.2) is 4.40 Å². The van der Waals surface area contributed by atoms with Crippen LogP contribution in [0.2, 0.25) is 5.02 Å². The van der Waals surface area contributed by atoms with E-state index >= 15 is 0 Å². The topological polar surface area (TPSA) is 12.4 Å². The lowest BCUT2D eigenvalue weighted by Crippen LogP contribution is -2.09. The van der Waals surface area contributed by atoms with Gasteiger partial charge >= 0.3 is 0 Å². The highest BCUT2D eigenvalue weighted by Crippen LogP contribution is 2.31. The fourth-order valence-corrected chi connectivity index (χ4v) is 2.36. The molecule has 1 atom stereocenters. The number of hydrogen-bond donors (Lipinski definition) is 0. The van der Waals surface area contributed by atoms with Crippen LogP contribution in [-0.2, 0) is 6.42 Å².